The van der Waals surface area contributed by atoms with Crippen molar-refractivity contribution < 1.29 is 4.74 Å². The number of ether oxygens (including phenoxy) is 1. The molecule has 1 aliphatic rings. The van der Waals surface area contributed by atoms with Gasteiger partial charge in [-0.3, -0.25) is 0 Å². The van der Waals surface area contributed by atoms with E-state index in [4.69, 9.17) is 14.7 Å². The fraction of sp³-hybridized carbons (Fsp3) is 0.750. The molecule has 1 aromatic rings. The summed E-state index contributed by atoms with van der Waals surface area (Å²) in [6, 6.07) is 0. The van der Waals surface area contributed by atoms with Gasteiger partial charge in [0.15, 0.2) is 5.82 Å². The molecule has 0 fully saturated rings. The van der Waals surface area contributed by atoms with Crippen LogP contribution in [0.15, 0.2) is 0 Å². The maximum absolute atomic E-state index is 5.79. The van der Waals surface area contributed by atoms with Crippen LogP contribution < -0.4 is 5.32 Å². The van der Waals surface area contributed by atoms with Crippen LogP contribution in [0.25, 0.3) is 0 Å². The van der Waals surface area contributed by atoms with Gasteiger partial charge in [0.25, 0.3) is 0 Å². The zero-order valence-corrected chi connectivity index (χ0v) is 13.3. The summed E-state index contributed by atoms with van der Waals surface area (Å²) in [5.74, 6) is 1.84. The number of nitrogens with one attached hydrogen (secondary N) is 1. The Kier molecular flexibility index (Phi) is 4.97. The van der Waals surface area contributed by atoms with E-state index in [1.165, 1.54) is 30.5 Å². The molecular formula is C16H27N3O. The highest BCUT2D eigenvalue weighted by Crippen LogP contribution is 2.33. The minimum absolute atomic E-state index is 0.354. The third kappa shape index (κ3) is 2.66. The molecule has 0 bridgehead atoms. The molecule has 0 amide bonds. The van der Waals surface area contributed by atoms with Crippen LogP contribution in [0.3, 0.4) is 0 Å². The number of aryl methyl sites for hydroxylation is 1. The molecule has 0 spiro atoms. The van der Waals surface area contributed by atoms with Gasteiger partial charge in [-0.25, -0.2) is 9.97 Å². The smallest absolute Gasteiger partial charge is 0.162 e. The molecule has 1 heterocycles. The van der Waals surface area contributed by atoms with Gasteiger partial charge in [0.2, 0.25) is 0 Å². The monoisotopic (exact) mass is 277 g/mol. The fourth-order valence-electron chi connectivity index (χ4n) is 3.13. The summed E-state index contributed by atoms with van der Waals surface area (Å²) < 4.78 is 5.79. The van der Waals surface area contributed by atoms with Crippen LogP contribution in [-0.4, -0.2) is 24.1 Å². The van der Waals surface area contributed by atoms with Crippen molar-refractivity contribution in [3.8, 4) is 0 Å². The summed E-state index contributed by atoms with van der Waals surface area (Å²) >= 11 is 0. The normalized spacial score (nSPS) is 15.6. The Morgan fingerprint density at radius 1 is 1.10 bits per heavy atom. The second-order valence-corrected chi connectivity index (χ2v) is 5.54. The Bertz CT molecular complexity index is 447. The first-order valence-electron chi connectivity index (χ1n) is 7.84. The quantitative estimate of drug-likeness (QED) is 0.837. The number of hydrogen-bond donors (Lipinski definition) is 1. The van der Waals surface area contributed by atoms with Crippen LogP contribution in [0.2, 0.25) is 0 Å². The topological polar surface area (TPSA) is 47.0 Å². The molecule has 1 aliphatic carbocycles. The predicted molar refractivity (Wildman–Crippen MR) is 82.1 cm³/mol. The van der Waals surface area contributed by atoms with Gasteiger partial charge >= 0.3 is 0 Å². The second kappa shape index (κ2) is 6.53. The molecular weight excluding hydrogens is 250 g/mol. The van der Waals surface area contributed by atoms with E-state index in [9.17, 15) is 0 Å². The number of aromatic nitrogens is 2. The minimum Gasteiger partial charge on any atom is -0.373 e. The van der Waals surface area contributed by atoms with Crippen molar-refractivity contribution in [3.05, 3.63) is 17.1 Å². The molecule has 0 unspecified atom stereocenters. The van der Waals surface area contributed by atoms with E-state index in [1.54, 1.807) is 7.11 Å². The first-order valence-corrected chi connectivity index (χ1v) is 7.84. The Balaban J connectivity index is 2.53. The van der Waals surface area contributed by atoms with Crippen molar-refractivity contribution in [2.45, 2.75) is 64.4 Å². The third-order valence-corrected chi connectivity index (χ3v) is 4.61. The number of hydrogen-bond acceptors (Lipinski definition) is 4. The highest BCUT2D eigenvalue weighted by atomic mass is 16.5. The number of anilines is 1. The summed E-state index contributed by atoms with van der Waals surface area (Å²) in [6.07, 6.45) is 7.68. The standard InChI is InChI=1S/C16H27N3O/c1-5-16(6-2,20-4)15-18-13-11-9-7-8-10-12(13)14(17-3)19-15/h5-11H2,1-4H3,(H,17,18,19). The molecule has 4 nitrogen and oxygen atoms in total. The summed E-state index contributed by atoms with van der Waals surface area (Å²) in [6.45, 7) is 4.28. The molecule has 4 heteroatoms. The number of methoxy groups -OCH3 is 1. The van der Waals surface area contributed by atoms with Gasteiger partial charge < -0.3 is 10.1 Å². The summed E-state index contributed by atoms with van der Waals surface area (Å²) in [4.78, 5) is 9.67. The fourth-order valence-corrected chi connectivity index (χ4v) is 3.13. The molecule has 2 rings (SSSR count). The maximum atomic E-state index is 5.79. The van der Waals surface area contributed by atoms with Gasteiger partial charge in [-0.05, 0) is 38.5 Å². The highest BCUT2D eigenvalue weighted by Gasteiger charge is 2.33. The molecule has 1 aromatic heterocycles. The molecule has 0 aliphatic heterocycles. The minimum atomic E-state index is -0.354. The van der Waals surface area contributed by atoms with Gasteiger partial charge in [-0.2, -0.15) is 0 Å². The summed E-state index contributed by atoms with van der Waals surface area (Å²) in [5.41, 5.74) is 2.18. The Morgan fingerprint density at radius 3 is 2.40 bits per heavy atom. The van der Waals surface area contributed by atoms with E-state index in [0.29, 0.717) is 0 Å². The first-order chi connectivity index (χ1) is 9.70. The number of fused-ring (bicyclic) bond motifs is 1. The van der Waals surface area contributed by atoms with E-state index in [-0.39, 0.29) is 5.60 Å². The molecule has 0 atom stereocenters. The summed E-state index contributed by atoms with van der Waals surface area (Å²) in [7, 11) is 3.71. The van der Waals surface area contributed by atoms with Crippen LogP contribution in [0.5, 0.6) is 0 Å². The lowest BCUT2D eigenvalue weighted by Crippen LogP contribution is -2.30. The average Bonchev–Trinajstić information content (AvgIpc) is 2.74. The lowest BCUT2D eigenvalue weighted by Gasteiger charge is -2.29. The van der Waals surface area contributed by atoms with Crippen LogP contribution in [0.1, 0.15) is 63.0 Å². The van der Waals surface area contributed by atoms with Crippen molar-refractivity contribution in [3.63, 3.8) is 0 Å². The molecule has 0 saturated heterocycles. The van der Waals surface area contributed by atoms with Crippen molar-refractivity contribution in [1.82, 2.24) is 9.97 Å². The van der Waals surface area contributed by atoms with Gasteiger partial charge in [0.1, 0.15) is 11.4 Å². The van der Waals surface area contributed by atoms with Crippen molar-refractivity contribution in [1.29, 1.82) is 0 Å². The molecule has 112 valence electrons. The van der Waals surface area contributed by atoms with E-state index >= 15 is 0 Å². The van der Waals surface area contributed by atoms with E-state index < -0.39 is 0 Å². The van der Waals surface area contributed by atoms with Gasteiger partial charge in [-0.15, -0.1) is 0 Å². The summed E-state index contributed by atoms with van der Waals surface area (Å²) in [5, 5.41) is 3.26. The van der Waals surface area contributed by atoms with Gasteiger partial charge in [-0.1, -0.05) is 20.3 Å². The van der Waals surface area contributed by atoms with E-state index in [2.05, 4.69) is 19.2 Å². The molecule has 0 radical (unpaired) electrons. The Labute approximate surface area is 122 Å². The maximum Gasteiger partial charge on any atom is 0.162 e. The van der Waals surface area contributed by atoms with Crippen LogP contribution in [-0.2, 0) is 23.2 Å². The van der Waals surface area contributed by atoms with Crippen LogP contribution in [0.4, 0.5) is 5.82 Å². The SMILES string of the molecule is CCC(CC)(OC)c1nc2c(c(NC)n1)CCCCC2. The lowest BCUT2D eigenvalue weighted by molar-refractivity contribution is -0.0292. The Hall–Kier alpha value is -1.16. The van der Waals surface area contributed by atoms with Crippen LogP contribution >= 0.6 is 0 Å². The first kappa shape index (κ1) is 15.2. The molecule has 0 saturated carbocycles. The van der Waals surface area contributed by atoms with E-state index in [0.717, 1.165) is 37.3 Å². The van der Waals surface area contributed by atoms with Crippen molar-refractivity contribution >= 4 is 5.82 Å². The zero-order chi connectivity index (χ0) is 14.6. The lowest BCUT2D eigenvalue weighted by atomic mass is 9.95. The molecule has 1 N–H and O–H groups in total. The molecule has 20 heavy (non-hydrogen) atoms. The largest absolute Gasteiger partial charge is 0.373 e. The average molecular weight is 277 g/mol. The van der Waals surface area contributed by atoms with Crippen molar-refractivity contribution in [2.24, 2.45) is 0 Å². The van der Waals surface area contributed by atoms with Gasteiger partial charge in [0, 0.05) is 25.4 Å². The predicted octanol–water partition coefficient (Wildman–Crippen LogP) is 3.45. The Morgan fingerprint density at radius 2 is 1.80 bits per heavy atom. The van der Waals surface area contributed by atoms with Crippen molar-refractivity contribution in [2.75, 3.05) is 19.5 Å². The third-order valence-electron chi connectivity index (χ3n) is 4.61. The second-order valence-electron chi connectivity index (χ2n) is 5.54. The van der Waals surface area contributed by atoms with Gasteiger partial charge in [0.05, 0.1) is 0 Å². The zero-order valence-electron chi connectivity index (χ0n) is 13.3. The number of nitrogens with zero attached hydrogens (tertiary/aromatic N) is 2. The van der Waals surface area contributed by atoms with E-state index in [1.807, 2.05) is 7.05 Å². The molecule has 0 aromatic carbocycles. The highest BCUT2D eigenvalue weighted by molar-refractivity contribution is 5.47. The number of rotatable bonds is 5. The van der Waals surface area contributed by atoms with Crippen LogP contribution in [0, 0.1) is 0 Å².